The minimum absolute atomic E-state index is 0.646. The molecule has 1 aromatic rings. The van der Waals surface area contributed by atoms with E-state index in [1.807, 2.05) is 0 Å². The van der Waals surface area contributed by atoms with Crippen molar-refractivity contribution in [3.63, 3.8) is 0 Å². The van der Waals surface area contributed by atoms with Crippen molar-refractivity contribution in [2.24, 2.45) is 9.98 Å². The van der Waals surface area contributed by atoms with Crippen LogP contribution in [0.3, 0.4) is 0 Å². The summed E-state index contributed by atoms with van der Waals surface area (Å²) in [7, 11) is 0. The van der Waals surface area contributed by atoms with Gasteiger partial charge >= 0.3 is 0 Å². The third-order valence-corrected chi connectivity index (χ3v) is 3.75. The van der Waals surface area contributed by atoms with Gasteiger partial charge in [-0.15, -0.1) is 0 Å². The molecule has 1 saturated heterocycles. The van der Waals surface area contributed by atoms with Crippen LogP contribution in [0, 0.1) is 0 Å². The quantitative estimate of drug-likeness (QED) is 0.753. The fourth-order valence-electron chi connectivity index (χ4n) is 2.99. The summed E-state index contributed by atoms with van der Waals surface area (Å²) in [5.41, 5.74) is 4.59. The summed E-state index contributed by atoms with van der Waals surface area (Å²) in [6, 6.07) is 4.29. The van der Waals surface area contributed by atoms with E-state index >= 15 is 0 Å². The van der Waals surface area contributed by atoms with Crippen LogP contribution in [0.15, 0.2) is 22.1 Å². The minimum Gasteiger partial charge on any atom is -0.316 e. The highest BCUT2D eigenvalue weighted by Crippen LogP contribution is 2.47. The van der Waals surface area contributed by atoms with Gasteiger partial charge in [0.05, 0.1) is 11.4 Å². The topological polar surface area (TPSA) is 36.8 Å². The van der Waals surface area contributed by atoms with Crippen LogP contribution >= 0.6 is 0 Å². The zero-order valence-corrected chi connectivity index (χ0v) is 9.24. The second-order valence-electron chi connectivity index (χ2n) is 4.57. The van der Waals surface area contributed by atoms with Crippen LogP contribution < -0.4 is 5.32 Å². The van der Waals surface area contributed by atoms with E-state index in [0.29, 0.717) is 11.8 Å². The molecule has 1 aliphatic heterocycles. The predicted octanol–water partition coefficient (Wildman–Crippen LogP) is 2.52. The lowest BCUT2D eigenvalue weighted by atomic mass is 9.98. The first kappa shape index (κ1) is 9.73. The van der Waals surface area contributed by atoms with E-state index < -0.39 is 0 Å². The lowest BCUT2D eigenvalue weighted by Gasteiger charge is -2.19. The SMILES string of the molecule is C=Nc1cc2c(cc1N=C)C1CNCC2C1. The number of piperidine rings is 1. The molecule has 3 rings (SSSR count). The monoisotopic (exact) mass is 213 g/mol. The molecule has 2 bridgehead atoms. The van der Waals surface area contributed by atoms with Gasteiger partial charge in [-0.1, -0.05) is 0 Å². The van der Waals surface area contributed by atoms with Gasteiger partial charge in [-0.2, -0.15) is 0 Å². The Balaban J connectivity index is 2.18. The highest BCUT2D eigenvalue weighted by atomic mass is 14.9. The van der Waals surface area contributed by atoms with Gasteiger partial charge in [-0.25, -0.2) is 0 Å². The number of hydrogen-bond donors (Lipinski definition) is 1. The van der Waals surface area contributed by atoms with E-state index in [1.54, 1.807) is 0 Å². The van der Waals surface area contributed by atoms with Crippen LogP contribution in [-0.4, -0.2) is 26.5 Å². The molecule has 2 unspecified atom stereocenters. The molecule has 82 valence electrons. The van der Waals surface area contributed by atoms with Crippen molar-refractivity contribution < 1.29 is 0 Å². The molecule has 1 aromatic carbocycles. The maximum Gasteiger partial charge on any atom is 0.0881 e. The molecule has 1 heterocycles. The molecule has 16 heavy (non-hydrogen) atoms. The molecule has 0 saturated carbocycles. The van der Waals surface area contributed by atoms with Gasteiger partial charge in [-0.3, -0.25) is 9.98 Å². The molecular weight excluding hydrogens is 198 g/mol. The van der Waals surface area contributed by atoms with Gasteiger partial charge in [0.15, 0.2) is 0 Å². The third-order valence-electron chi connectivity index (χ3n) is 3.75. The summed E-state index contributed by atoms with van der Waals surface area (Å²) < 4.78 is 0. The van der Waals surface area contributed by atoms with Crippen molar-refractivity contribution in [1.82, 2.24) is 5.32 Å². The zero-order chi connectivity index (χ0) is 11.1. The van der Waals surface area contributed by atoms with E-state index in [-0.39, 0.29) is 0 Å². The molecule has 0 spiro atoms. The van der Waals surface area contributed by atoms with Crippen molar-refractivity contribution in [1.29, 1.82) is 0 Å². The smallest absolute Gasteiger partial charge is 0.0881 e. The number of nitrogens with one attached hydrogen (secondary N) is 1. The lowest BCUT2D eigenvalue weighted by molar-refractivity contribution is 0.454. The van der Waals surface area contributed by atoms with Crippen LogP contribution in [0.1, 0.15) is 29.4 Å². The highest BCUT2D eigenvalue weighted by molar-refractivity contribution is 5.70. The summed E-state index contributed by atoms with van der Waals surface area (Å²) in [6.45, 7) is 9.36. The first-order valence-electron chi connectivity index (χ1n) is 5.65. The number of fused-ring (bicyclic) bond motifs is 5. The van der Waals surface area contributed by atoms with Crippen molar-refractivity contribution in [2.75, 3.05) is 13.1 Å². The van der Waals surface area contributed by atoms with Gasteiger partial charge in [0.2, 0.25) is 0 Å². The summed E-state index contributed by atoms with van der Waals surface area (Å²) in [5, 5.41) is 3.48. The Kier molecular flexibility index (Phi) is 2.14. The van der Waals surface area contributed by atoms with Crippen LogP contribution in [0.2, 0.25) is 0 Å². The Morgan fingerprint density at radius 1 is 1.00 bits per heavy atom. The molecule has 0 aromatic heterocycles. The highest BCUT2D eigenvalue weighted by Gasteiger charge is 2.34. The number of nitrogens with zero attached hydrogens (tertiary/aromatic N) is 2. The Morgan fingerprint density at radius 3 is 1.94 bits per heavy atom. The van der Waals surface area contributed by atoms with E-state index in [1.165, 1.54) is 17.5 Å². The zero-order valence-electron chi connectivity index (χ0n) is 9.24. The number of hydrogen-bond acceptors (Lipinski definition) is 3. The second kappa shape index (κ2) is 3.52. The maximum absolute atomic E-state index is 4.03. The molecular formula is C13H15N3. The van der Waals surface area contributed by atoms with Crippen molar-refractivity contribution in [3.8, 4) is 0 Å². The fourth-order valence-corrected chi connectivity index (χ4v) is 2.99. The van der Waals surface area contributed by atoms with Crippen molar-refractivity contribution >= 4 is 24.8 Å². The Bertz CT molecular complexity index is 423. The molecule has 3 heteroatoms. The molecule has 0 radical (unpaired) electrons. The van der Waals surface area contributed by atoms with E-state index in [0.717, 1.165) is 24.5 Å². The van der Waals surface area contributed by atoms with Crippen LogP contribution in [0.25, 0.3) is 0 Å². The predicted molar refractivity (Wildman–Crippen MR) is 67.8 cm³/mol. The summed E-state index contributed by atoms with van der Waals surface area (Å²) in [4.78, 5) is 8.06. The molecule has 2 atom stereocenters. The second-order valence-corrected chi connectivity index (χ2v) is 4.57. The third kappa shape index (κ3) is 1.25. The molecule has 1 aliphatic carbocycles. The average molecular weight is 213 g/mol. The Hall–Kier alpha value is -1.48. The van der Waals surface area contributed by atoms with Crippen LogP contribution in [0.4, 0.5) is 11.4 Å². The molecule has 1 N–H and O–H groups in total. The van der Waals surface area contributed by atoms with Crippen molar-refractivity contribution in [2.45, 2.75) is 18.3 Å². The van der Waals surface area contributed by atoms with E-state index in [9.17, 15) is 0 Å². The number of rotatable bonds is 2. The van der Waals surface area contributed by atoms with Crippen molar-refractivity contribution in [3.05, 3.63) is 23.3 Å². The van der Waals surface area contributed by atoms with E-state index in [4.69, 9.17) is 0 Å². The van der Waals surface area contributed by atoms with Gasteiger partial charge < -0.3 is 5.32 Å². The number of benzene rings is 1. The normalized spacial score (nSPS) is 26.2. The Morgan fingerprint density at radius 2 is 1.50 bits per heavy atom. The average Bonchev–Trinajstić information content (AvgIpc) is 2.59. The van der Waals surface area contributed by atoms with Crippen LogP contribution in [0.5, 0.6) is 0 Å². The standard InChI is InChI=1S/C13H15N3/c1-14-12-4-10-8-3-9(7-16-6-8)11(10)5-13(12)15-2/h4-5,8-9,16H,1-3,6-7H2. The van der Waals surface area contributed by atoms with Crippen LogP contribution in [-0.2, 0) is 0 Å². The first-order valence-corrected chi connectivity index (χ1v) is 5.65. The van der Waals surface area contributed by atoms with Gasteiger partial charge in [-0.05, 0) is 55.0 Å². The summed E-state index contributed by atoms with van der Waals surface area (Å²) in [6.07, 6.45) is 1.26. The number of aliphatic imine (C=N–C) groups is 2. The Labute approximate surface area is 95.3 Å². The minimum atomic E-state index is 0.646. The summed E-state index contributed by atoms with van der Waals surface area (Å²) in [5.74, 6) is 1.29. The summed E-state index contributed by atoms with van der Waals surface area (Å²) >= 11 is 0. The van der Waals surface area contributed by atoms with E-state index in [2.05, 4.69) is 40.9 Å². The molecule has 1 fully saturated rings. The lowest BCUT2D eigenvalue weighted by Crippen LogP contribution is -2.28. The molecule has 3 nitrogen and oxygen atoms in total. The maximum atomic E-state index is 4.03. The largest absolute Gasteiger partial charge is 0.316 e. The van der Waals surface area contributed by atoms with Gasteiger partial charge in [0.1, 0.15) is 0 Å². The molecule has 0 amide bonds. The van der Waals surface area contributed by atoms with Gasteiger partial charge in [0, 0.05) is 13.1 Å². The molecule has 2 aliphatic rings. The first-order chi connectivity index (χ1) is 7.83. The fraction of sp³-hybridized carbons (Fsp3) is 0.385. The van der Waals surface area contributed by atoms with Gasteiger partial charge in [0.25, 0.3) is 0 Å².